The SMILES string of the molecule is COc1ccc(C(=O)Nc2cc(-c3cccc(F)c3)[nH]n2)cc1. The first-order chi connectivity index (χ1) is 11.2. The van der Waals surface area contributed by atoms with Crippen molar-refractivity contribution < 1.29 is 13.9 Å². The molecule has 5 nitrogen and oxygen atoms in total. The van der Waals surface area contributed by atoms with Crippen molar-refractivity contribution in [2.45, 2.75) is 0 Å². The number of anilines is 1. The molecule has 3 aromatic rings. The number of hydrogen-bond donors (Lipinski definition) is 2. The summed E-state index contributed by atoms with van der Waals surface area (Å²) >= 11 is 0. The minimum absolute atomic E-state index is 0.287. The minimum atomic E-state index is -0.332. The summed E-state index contributed by atoms with van der Waals surface area (Å²) in [6.45, 7) is 0. The van der Waals surface area contributed by atoms with E-state index in [-0.39, 0.29) is 11.7 Å². The maximum atomic E-state index is 13.2. The van der Waals surface area contributed by atoms with Gasteiger partial charge in [-0.25, -0.2) is 4.39 Å². The second-order valence-electron chi connectivity index (χ2n) is 4.86. The fourth-order valence-corrected chi connectivity index (χ4v) is 2.12. The Morgan fingerprint density at radius 1 is 1.17 bits per heavy atom. The first kappa shape index (κ1) is 14.8. The van der Waals surface area contributed by atoms with E-state index < -0.39 is 0 Å². The zero-order chi connectivity index (χ0) is 16.2. The van der Waals surface area contributed by atoms with Gasteiger partial charge in [0.1, 0.15) is 11.6 Å². The Bertz CT molecular complexity index is 828. The van der Waals surface area contributed by atoms with Crippen molar-refractivity contribution in [2.24, 2.45) is 0 Å². The maximum Gasteiger partial charge on any atom is 0.256 e. The molecule has 0 aliphatic rings. The summed E-state index contributed by atoms with van der Waals surface area (Å²) in [6.07, 6.45) is 0. The zero-order valence-corrected chi connectivity index (χ0v) is 12.3. The van der Waals surface area contributed by atoms with Crippen LogP contribution >= 0.6 is 0 Å². The standard InChI is InChI=1S/C17H14FN3O2/c1-23-14-7-5-11(6-8-14)17(22)19-16-10-15(20-21-16)12-3-2-4-13(18)9-12/h2-10H,1H3,(H2,19,20,21,22). The zero-order valence-electron chi connectivity index (χ0n) is 12.3. The van der Waals surface area contributed by atoms with E-state index in [1.807, 2.05) is 0 Å². The van der Waals surface area contributed by atoms with E-state index in [0.717, 1.165) is 0 Å². The Morgan fingerprint density at radius 3 is 2.65 bits per heavy atom. The molecule has 0 saturated carbocycles. The lowest BCUT2D eigenvalue weighted by Gasteiger charge is -2.03. The summed E-state index contributed by atoms with van der Waals surface area (Å²) in [5.74, 6) is 0.422. The number of hydrogen-bond acceptors (Lipinski definition) is 3. The van der Waals surface area contributed by atoms with Crippen molar-refractivity contribution in [1.29, 1.82) is 0 Å². The Morgan fingerprint density at radius 2 is 1.96 bits per heavy atom. The molecule has 3 rings (SSSR count). The lowest BCUT2D eigenvalue weighted by atomic mass is 10.1. The molecule has 0 unspecified atom stereocenters. The maximum absolute atomic E-state index is 13.2. The van der Waals surface area contributed by atoms with E-state index in [2.05, 4.69) is 15.5 Å². The molecule has 1 heterocycles. The van der Waals surface area contributed by atoms with Gasteiger partial charge in [0.2, 0.25) is 0 Å². The van der Waals surface area contributed by atoms with Gasteiger partial charge >= 0.3 is 0 Å². The number of carbonyl (C=O) groups excluding carboxylic acids is 1. The summed E-state index contributed by atoms with van der Waals surface area (Å²) in [4.78, 5) is 12.1. The third-order valence-corrected chi connectivity index (χ3v) is 3.31. The number of halogens is 1. The Labute approximate surface area is 132 Å². The molecule has 1 aromatic heterocycles. The number of amides is 1. The lowest BCUT2D eigenvalue weighted by molar-refractivity contribution is 0.102. The molecule has 116 valence electrons. The molecule has 1 amide bonds. The first-order valence-electron chi connectivity index (χ1n) is 6.92. The van der Waals surface area contributed by atoms with Gasteiger partial charge in [-0.15, -0.1) is 0 Å². The van der Waals surface area contributed by atoms with E-state index in [1.54, 1.807) is 49.6 Å². The van der Waals surface area contributed by atoms with Crippen molar-refractivity contribution in [3.63, 3.8) is 0 Å². The van der Waals surface area contributed by atoms with Crippen LogP contribution in [-0.2, 0) is 0 Å². The largest absolute Gasteiger partial charge is 0.497 e. The molecule has 0 bridgehead atoms. The van der Waals surface area contributed by atoms with Gasteiger partial charge in [-0.3, -0.25) is 9.89 Å². The number of H-pyrrole nitrogens is 1. The van der Waals surface area contributed by atoms with Gasteiger partial charge in [0.25, 0.3) is 5.91 Å². The Balaban J connectivity index is 1.74. The molecule has 2 N–H and O–H groups in total. The third-order valence-electron chi connectivity index (χ3n) is 3.31. The number of nitrogens with one attached hydrogen (secondary N) is 2. The number of aromatic nitrogens is 2. The predicted molar refractivity (Wildman–Crippen MR) is 84.9 cm³/mol. The highest BCUT2D eigenvalue weighted by atomic mass is 19.1. The molecule has 0 fully saturated rings. The van der Waals surface area contributed by atoms with Crippen LogP contribution in [0.5, 0.6) is 5.75 Å². The van der Waals surface area contributed by atoms with Gasteiger partial charge in [0, 0.05) is 17.2 Å². The normalized spacial score (nSPS) is 10.3. The number of rotatable bonds is 4. The van der Waals surface area contributed by atoms with Crippen molar-refractivity contribution >= 4 is 11.7 Å². The highest BCUT2D eigenvalue weighted by molar-refractivity contribution is 6.04. The van der Waals surface area contributed by atoms with Gasteiger partial charge < -0.3 is 10.1 Å². The Hall–Kier alpha value is -3.15. The average Bonchev–Trinajstić information content (AvgIpc) is 3.03. The third kappa shape index (κ3) is 3.37. The van der Waals surface area contributed by atoms with E-state index in [9.17, 15) is 9.18 Å². The predicted octanol–water partition coefficient (Wildman–Crippen LogP) is 3.48. The topological polar surface area (TPSA) is 67.0 Å². The van der Waals surface area contributed by atoms with E-state index in [0.29, 0.717) is 28.4 Å². The number of ether oxygens (including phenoxy) is 1. The van der Waals surface area contributed by atoms with E-state index in [4.69, 9.17) is 4.74 Å². The Kier molecular flexibility index (Phi) is 4.05. The van der Waals surface area contributed by atoms with Crippen LogP contribution in [0.25, 0.3) is 11.3 Å². The van der Waals surface area contributed by atoms with Crippen LogP contribution in [0.3, 0.4) is 0 Å². The lowest BCUT2D eigenvalue weighted by Crippen LogP contribution is -2.11. The molecule has 23 heavy (non-hydrogen) atoms. The molecule has 0 aliphatic carbocycles. The number of methoxy groups -OCH3 is 1. The highest BCUT2D eigenvalue weighted by Crippen LogP contribution is 2.21. The highest BCUT2D eigenvalue weighted by Gasteiger charge is 2.10. The van der Waals surface area contributed by atoms with Gasteiger partial charge in [-0.1, -0.05) is 12.1 Å². The molecule has 0 radical (unpaired) electrons. The number of aromatic amines is 1. The molecule has 0 saturated heterocycles. The fourth-order valence-electron chi connectivity index (χ4n) is 2.12. The van der Waals surface area contributed by atoms with Crippen molar-refractivity contribution in [3.8, 4) is 17.0 Å². The average molecular weight is 311 g/mol. The summed E-state index contributed by atoms with van der Waals surface area (Å²) in [7, 11) is 1.56. The van der Waals surface area contributed by atoms with Gasteiger partial charge in [-0.2, -0.15) is 5.10 Å². The second kappa shape index (κ2) is 6.31. The summed E-state index contributed by atoms with van der Waals surface area (Å²) in [6, 6.07) is 14.5. The quantitative estimate of drug-likeness (QED) is 0.775. The summed E-state index contributed by atoms with van der Waals surface area (Å²) < 4.78 is 18.3. The summed E-state index contributed by atoms with van der Waals surface area (Å²) in [5.41, 5.74) is 1.76. The number of nitrogens with zero attached hydrogens (tertiary/aromatic N) is 1. The molecule has 2 aromatic carbocycles. The second-order valence-corrected chi connectivity index (χ2v) is 4.86. The fraction of sp³-hybridized carbons (Fsp3) is 0.0588. The molecular formula is C17H14FN3O2. The van der Waals surface area contributed by atoms with Gasteiger partial charge in [-0.05, 0) is 36.4 Å². The van der Waals surface area contributed by atoms with Crippen LogP contribution in [0.4, 0.5) is 10.2 Å². The van der Waals surface area contributed by atoms with E-state index in [1.165, 1.54) is 12.1 Å². The van der Waals surface area contributed by atoms with E-state index >= 15 is 0 Å². The summed E-state index contributed by atoms with van der Waals surface area (Å²) in [5, 5.41) is 9.47. The smallest absolute Gasteiger partial charge is 0.256 e. The minimum Gasteiger partial charge on any atom is -0.497 e. The van der Waals surface area contributed by atoms with Gasteiger partial charge in [0.05, 0.1) is 12.8 Å². The van der Waals surface area contributed by atoms with Crippen molar-refractivity contribution in [3.05, 3.63) is 66.0 Å². The molecule has 6 heteroatoms. The van der Waals surface area contributed by atoms with Crippen molar-refractivity contribution in [1.82, 2.24) is 10.2 Å². The van der Waals surface area contributed by atoms with Crippen molar-refractivity contribution in [2.75, 3.05) is 12.4 Å². The molecule has 0 spiro atoms. The molecule has 0 atom stereocenters. The van der Waals surface area contributed by atoms with Crippen LogP contribution in [0.1, 0.15) is 10.4 Å². The van der Waals surface area contributed by atoms with Crippen LogP contribution in [0.15, 0.2) is 54.6 Å². The monoisotopic (exact) mass is 311 g/mol. The number of benzene rings is 2. The number of carbonyl (C=O) groups is 1. The molecule has 0 aliphatic heterocycles. The van der Waals surface area contributed by atoms with Crippen LogP contribution in [0, 0.1) is 5.82 Å². The van der Waals surface area contributed by atoms with Crippen LogP contribution < -0.4 is 10.1 Å². The van der Waals surface area contributed by atoms with Crippen LogP contribution in [-0.4, -0.2) is 23.2 Å². The van der Waals surface area contributed by atoms with Crippen LogP contribution in [0.2, 0.25) is 0 Å². The molecular weight excluding hydrogens is 297 g/mol. The van der Waals surface area contributed by atoms with Gasteiger partial charge in [0.15, 0.2) is 5.82 Å². The first-order valence-corrected chi connectivity index (χ1v) is 6.92.